The third-order valence-electron chi connectivity index (χ3n) is 19.2. The summed E-state index contributed by atoms with van der Waals surface area (Å²) in [7, 11) is 0. The van der Waals surface area contributed by atoms with Gasteiger partial charge in [0.15, 0.2) is 35.5 Å². The van der Waals surface area contributed by atoms with E-state index in [0.29, 0.717) is 49.4 Å². The van der Waals surface area contributed by atoms with Crippen LogP contribution in [0.4, 0.5) is 10.2 Å². The van der Waals surface area contributed by atoms with Crippen molar-refractivity contribution >= 4 is 133 Å². The predicted molar refractivity (Wildman–Crippen MR) is 442 cm³/mol. The first-order valence-corrected chi connectivity index (χ1v) is 38.8. The van der Waals surface area contributed by atoms with Gasteiger partial charge in [-0.05, 0) is 112 Å². The number of primary amides is 2. The molecule has 11 amide bonds. The number of amides is 11. The van der Waals surface area contributed by atoms with Gasteiger partial charge in [-0.1, -0.05) is 54.6 Å². The number of aromatic nitrogens is 5. The van der Waals surface area contributed by atoms with Crippen LogP contribution in [0.15, 0.2) is 102 Å². The smallest absolute Gasteiger partial charge is 0.347 e. The maximum Gasteiger partial charge on any atom is 0.347 e. The number of aliphatic carboxylic acids is 1. The Bertz CT molecular complexity index is 4850. The molecule has 3 aromatic carbocycles. The summed E-state index contributed by atoms with van der Waals surface area (Å²) >= 11 is 0. The Balaban J connectivity index is 1.20. The van der Waals surface area contributed by atoms with E-state index in [-0.39, 0.29) is 140 Å². The molecule has 4 heterocycles. The summed E-state index contributed by atoms with van der Waals surface area (Å²) in [6.07, 6.45) is 2.57. The highest BCUT2D eigenvalue weighted by Crippen LogP contribution is 2.24. The van der Waals surface area contributed by atoms with Gasteiger partial charge in [-0.2, -0.15) is 4.98 Å². The monoisotopic (exact) mass is 1670 g/mol. The summed E-state index contributed by atoms with van der Waals surface area (Å²) in [5.74, 6) is -14.7. The Labute approximate surface area is 686 Å². The number of carboxylic acids is 1. The number of halogens is 1. The van der Waals surface area contributed by atoms with Gasteiger partial charge in [-0.25, -0.2) is 14.0 Å². The number of nitrogens with one attached hydrogen (secondary N) is 22. The Morgan fingerprint density at radius 3 is 1.00 bits per heavy atom. The number of carbonyl (C=O) groups excluding carboxylic acids is 11. The number of hydrogen-bond donors (Lipinski definition) is 29. The molecule has 0 unspecified atom stereocenters. The van der Waals surface area contributed by atoms with Crippen LogP contribution in [0, 0.1) is 27.5 Å². The number of para-hydroxylation sites is 3. The van der Waals surface area contributed by atoms with E-state index in [1.165, 1.54) is 0 Å². The van der Waals surface area contributed by atoms with Crippen molar-refractivity contribution in [1.82, 2.24) is 94.0 Å². The van der Waals surface area contributed by atoms with Gasteiger partial charge in [0.25, 0.3) is 0 Å². The van der Waals surface area contributed by atoms with Gasteiger partial charge < -0.3 is 134 Å². The second-order valence-electron chi connectivity index (χ2n) is 28.4. The van der Waals surface area contributed by atoms with Crippen LogP contribution >= 0.6 is 0 Å². The highest BCUT2D eigenvalue weighted by molar-refractivity contribution is 6.00. The molecule has 7 aromatic rings. The van der Waals surface area contributed by atoms with Crippen LogP contribution in [0.25, 0.3) is 32.7 Å². The predicted octanol–water partition coefficient (Wildman–Crippen LogP) is -3.30. The van der Waals surface area contributed by atoms with E-state index >= 15 is 24.0 Å². The van der Waals surface area contributed by atoms with Crippen LogP contribution in [0.2, 0.25) is 0 Å². The van der Waals surface area contributed by atoms with Crippen molar-refractivity contribution in [2.45, 2.75) is 170 Å². The Hall–Kier alpha value is -14.4. The normalized spacial score (nSPS) is 13.3. The number of carboxylic acid groups (broad SMARTS) is 1. The number of hydrogen-bond acceptors (Lipinski definition) is 19. The summed E-state index contributed by atoms with van der Waals surface area (Å²) in [5.41, 5.74) is 35.8. The molecular weight excluding hydrogens is 1560 g/mol. The molecule has 646 valence electrons. The SMILES string of the molecule is N=C(N)NCCC[C@H](NC(=O)[C@H](CCC(N)=O)NC(=O)[C@H](Cc1c[nH]c2ccccc12)NC(=O)[C@H](Cc1c[nH]c2ccccc12)NC(=O)[C@H](CCCNC(=N)N)NC(=O)[C@H](CCCNC(=N)N)NC(=O)[C@H](Cc1c[nH]c2ccccc12)NC(=O)[C@H](CCC(N)=O)NC(=O)[C@H](CCCNC(=N)N)NC(=O)CCCCNc1nc(=O)[nH]cc1F)C(=O)O. The quantitative estimate of drug-likeness (QED) is 0.0101. The van der Waals surface area contributed by atoms with Gasteiger partial charge in [0.1, 0.15) is 54.4 Å². The fraction of sp³-hybridized carbons (Fsp3) is 0.421. The molecule has 0 spiro atoms. The molecule has 7 rings (SSSR count). The highest BCUT2D eigenvalue weighted by atomic mass is 19.1. The third kappa shape index (κ3) is 30.7. The Morgan fingerprint density at radius 2 is 0.667 bits per heavy atom. The van der Waals surface area contributed by atoms with Crippen molar-refractivity contribution < 1.29 is 67.0 Å². The lowest BCUT2D eigenvalue weighted by Gasteiger charge is -2.28. The van der Waals surface area contributed by atoms with Crippen molar-refractivity contribution in [3.05, 3.63) is 131 Å². The van der Waals surface area contributed by atoms with Crippen LogP contribution < -0.4 is 115 Å². The largest absolute Gasteiger partial charge is 0.480 e. The Morgan fingerprint density at radius 1 is 0.367 bits per heavy atom. The maximum absolute atomic E-state index is 15.5. The van der Waals surface area contributed by atoms with E-state index in [2.05, 4.69) is 99.4 Å². The lowest BCUT2D eigenvalue weighted by Crippen LogP contribution is -2.61. The third-order valence-corrected chi connectivity index (χ3v) is 19.2. The van der Waals surface area contributed by atoms with E-state index in [0.717, 1.165) is 6.20 Å². The molecule has 0 aliphatic heterocycles. The van der Waals surface area contributed by atoms with Crippen LogP contribution in [-0.4, -0.2) is 212 Å². The molecule has 0 aliphatic rings. The number of H-pyrrole nitrogens is 4. The first-order valence-electron chi connectivity index (χ1n) is 38.8. The zero-order valence-electron chi connectivity index (χ0n) is 65.7. The number of benzene rings is 3. The molecule has 0 saturated heterocycles. The van der Waals surface area contributed by atoms with Crippen molar-refractivity contribution in [3.63, 3.8) is 0 Å². The minimum absolute atomic E-state index is 0.00370. The van der Waals surface area contributed by atoms with Gasteiger partial charge in [0.05, 0.1) is 0 Å². The number of fused-ring (bicyclic) bond motifs is 3. The first-order chi connectivity index (χ1) is 57.3. The summed E-state index contributed by atoms with van der Waals surface area (Å²) in [6.45, 7) is 0.143. The highest BCUT2D eigenvalue weighted by Gasteiger charge is 2.37. The number of aromatic amines is 4. The first kappa shape index (κ1) is 92.8. The summed E-state index contributed by atoms with van der Waals surface area (Å²) in [4.78, 5) is 198. The van der Waals surface area contributed by atoms with Gasteiger partial charge in [-0.15, -0.1) is 0 Å². The van der Waals surface area contributed by atoms with E-state index in [1.807, 2.05) is 0 Å². The minimum atomic E-state index is -1.66. The zero-order valence-corrected chi connectivity index (χ0v) is 65.7. The van der Waals surface area contributed by atoms with Gasteiger partial charge in [0, 0.05) is 129 Å². The molecule has 4 aromatic heterocycles. The molecule has 9 atom stereocenters. The molecule has 35 N–H and O–H groups in total. The maximum atomic E-state index is 15.5. The van der Waals surface area contributed by atoms with Crippen LogP contribution in [0.1, 0.15) is 113 Å². The number of unbranched alkanes of at least 4 members (excludes halogenated alkanes) is 1. The average molecular weight is 1670 g/mol. The van der Waals surface area contributed by atoms with E-state index < -0.39 is 174 Å². The second kappa shape index (κ2) is 47.0. The molecule has 0 bridgehead atoms. The fourth-order valence-electron chi connectivity index (χ4n) is 13.0. The fourth-order valence-corrected chi connectivity index (χ4v) is 13.0. The second-order valence-corrected chi connectivity index (χ2v) is 28.4. The van der Waals surface area contributed by atoms with Crippen LogP contribution in [-0.2, 0) is 76.8 Å². The molecule has 0 saturated carbocycles. The molecule has 0 aliphatic carbocycles. The summed E-state index contributed by atoms with van der Waals surface area (Å²) in [5, 5.41) is 79.8. The average Bonchev–Trinajstić information content (AvgIpc) is 1.35. The minimum Gasteiger partial charge on any atom is -0.480 e. The zero-order chi connectivity index (χ0) is 87.4. The van der Waals surface area contributed by atoms with E-state index in [1.54, 1.807) is 91.4 Å². The van der Waals surface area contributed by atoms with Crippen molar-refractivity contribution in [3.8, 4) is 0 Å². The molecule has 0 radical (unpaired) electrons. The van der Waals surface area contributed by atoms with Crippen molar-refractivity contribution in [2.24, 2.45) is 34.4 Å². The number of nitrogens with two attached hydrogens (primary N) is 6. The number of carbonyl (C=O) groups is 12. The topological polar surface area (TPSA) is 738 Å². The Kier molecular flexibility index (Phi) is 36.3. The van der Waals surface area contributed by atoms with Crippen LogP contribution in [0.5, 0.6) is 0 Å². The van der Waals surface area contributed by atoms with Gasteiger partial charge in [-0.3, -0.25) is 74.4 Å². The molecule has 43 nitrogen and oxygen atoms in total. The molecule has 0 fully saturated rings. The number of guanidine groups is 4. The number of nitrogens with zero attached hydrogens (tertiary/aromatic N) is 1. The molecule has 44 heteroatoms. The summed E-state index contributed by atoms with van der Waals surface area (Å²) in [6, 6.07) is 6.52. The van der Waals surface area contributed by atoms with Gasteiger partial charge in [0.2, 0.25) is 65.0 Å². The van der Waals surface area contributed by atoms with Crippen molar-refractivity contribution in [2.75, 3.05) is 38.0 Å². The lowest BCUT2D eigenvalue weighted by molar-refractivity contribution is -0.142. The number of anilines is 1. The lowest BCUT2D eigenvalue weighted by atomic mass is 10.00. The van der Waals surface area contributed by atoms with Gasteiger partial charge >= 0.3 is 11.7 Å². The number of rotatable bonds is 52. The van der Waals surface area contributed by atoms with Crippen molar-refractivity contribution in [1.29, 1.82) is 21.6 Å². The molecular formula is C76H106FN29O14. The standard InChI is InChI=1S/C76H106FN29O14/c77-46-39-96-76(120)106-62(46)88-28-8-7-23-61(109)97-50(19-9-29-89-72(80)81)63(110)100-54(25-27-60(79)108)67(114)104-56(33-40-36-93-47-16-4-1-13-43(40)47)68(115)99-51(20-10-30-90-73(82)83)64(111)98-52(21-11-31-91-74(84)85)65(112)103-58(35-42-38-95-49-18-6-3-15-45(42)49)70(117)105-57(34-41-37-94-48-17-5-2-14-44(41)48)69(116)101-53(24-26-59(78)107)66(113)102-55(71(118)119)22-12-32-92-75(86)87/h1-6,13-18,36-39,50-58,93-95H,7-12,19-35H2,(H2,78,107)(H2,79,108)(H,97,109)(H,98,111)(H,99,115)(H,100,110)(H,101,116)(H,102,113)(H,103,112)(H,104,114)(H,105,117)(H,118,119)(H4,80,81,89)(H4,82,83,90)(H4,84,85,91)(H4,86,87,92)(H2,88,96,106,120)/t50-,51-,52-,53-,54-,55-,56-,57-,58-/m0/s1. The summed E-state index contributed by atoms with van der Waals surface area (Å²) < 4.78 is 14.2. The van der Waals surface area contributed by atoms with Crippen LogP contribution in [0.3, 0.4) is 0 Å². The van der Waals surface area contributed by atoms with E-state index in [4.69, 9.17) is 56.0 Å². The van der Waals surface area contributed by atoms with E-state index in [9.17, 15) is 47.9 Å². The molecule has 120 heavy (non-hydrogen) atoms.